The third-order valence-corrected chi connectivity index (χ3v) is 5.99. The lowest BCUT2D eigenvalue weighted by molar-refractivity contribution is -0.144. The molecule has 1 aliphatic rings. The minimum absolute atomic E-state index is 0.0542. The van der Waals surface area contributed by atoms with Crippen molar-refractivity contribution >= 4 is 38.9 Å². The van der Waals surface area contributed by atoms with Crippen LogP contribution in [0.15, 0.2) is 4.34 Å². The van der Waals surface area contributed by atoms with Crippen molar-refractivity contribution in [1.29, 1.82) is 0 Å². The number of nitrogens with zero attached hydrogens (tertiary/aromatic N) is 2. The minimum atomic E-state index is -3.01. The Balaban J connectivity index is 1.76. The molecule has 2 heterocycles. The molecule has 6 nitrogen and oxygen atoms in total. The van der Waals surface area contributed by atoms with Crippen LogP contribution in [0.1, 0.15) is 11.4 Å². The van der Waals surface area contributed by atoms with Gasteiger partial charge in [-0.3, -0.25) is 4.79 Å². The molecule has 1 aromatic heterocycles. The van der Waals surface area contributed by atoms with Crippen molar-refractivity contribution in [1.82, 2.24) is 10.2 Å². The van der Waals surface area contributed by atoms with Crippen molar-refractivity contribution in [3.05, 3.63) is 5.01 Å². The molecule has 0 bridgehead atoms. The molecule has 2 rings (SSSR count). The minimum Gasteiger partial charge on any atom is -0.461 e. The molecule has 0 aliphatic carbocycles. The summed E-state index contributed by atoms with van der Waals surface area (Å²) in [7, 11) is -3.01. The molecule has 0 N–H and O–H groups in total. The molecule has 1 fully saturated rings. The number of thioether (sulfide) groups is 1. The summed E-state index contributed by atoms with van der Waals surface area (Å²) in [6.07, 6.45) is -0.0873. The van der Waals surface area contributed by atoms with Crippen LogP contribution in [0.2, 0.25) is 0 Å². The Morgan fingerprint density at radius 1 is 1.56 bits per heavy atom. The van der Waals surface area contributed by atoms with Crippen LogP contribution in [0.5, 0.6) is 0 Å². The second kappa shape index (κ2) is 5.54. The van der Waals surface area contributed by atoms with Crippen molar-refractivity contribution in [2.75, 3.05) is 17.3 Å². The Morgan fingerprint density at radius 2 is 2.33 bits per heavy atom. The number of carbonyl (C=O) groups excluding carboxylic acids is 1. The Bertz CT molecular complexity index is 540. The van der Waals surface area contributed by atoms with Crippen LogP contribution in [0, 0.1) is 6.92 Å². The Kier molecular flexibility index (Phi) is 4.23. The fourth-order valence-corrected chi connectivity index (χ4v) is 4.72. The molecule has 0 unspecified atom stereocenters. The van der Waals surface area contributed by atoms with Gasteiger partial charge in [0, 0.05) is 0 Å². The third kappa shape index (κ3) is 3.92. The smallest absolute Gasteiger partial charge is 0.316 e. The van der Waals surface area contributed by atoms with E-state index in [0.717, 1.165) is 5.01 Å². The number of aromatic nitrogens is 2. The van der Waals surface area contributed by atoms with Crippen molar-refractivity contribution < 1.29 is 17.9 Å². The van der Waals surface area contributed by atoms with Gasteiger partial charge in [-0.1, -0.05) is 23.1 Å². The molecule has 0 saturated carbocycles. The average Bonchev–Trinajstić information content (AvgIpc) is 2.82. The summed E-state index contributed by atoms with van der Waals surface area (Å²) in [6.45, 7) is 1.84. The highest BCUT2D eigenvalue weighted by Gasteiger charge is 2.30. The van der Waals surface area contributed by atoms with Gasteiger partial charge in [0.15, 0.2) is 14.2 Å². The number of aryl methyl sites for hydroxylation is 1. The third-order valence-electron chi connectivity index (χ3n) is 2.31. The molecule has 1 aromatic rings. The van der Waals surface area contributed by atoms with E-state index in [1.54, 1.807) is 0 Å². The van der Waals surface area contributed by atoms with Gasteiger partial charge in [0.05, 0.1) is 17.3 Å². The summed E-state index contributed by atoms with van der Waals surface area (Å²) in [5.74, 6) is -0.227. The van der Waals surface area contributed by atoms with Crippen molar-refractivity contribution in [3.8, 4) is 0 Å². The van der Waals surface area contributed by atoms with E-state index >= 15 is 0 Å². The Hall–Kier alpha value is -0.670. The largest absolute Gasteiger partial charge is 0.461 e. The zero-order valence-electron chi connectivity index (χ0n) is 9.66. The molecule has 9 heteroatoms. The van der Waals surface area contributed by atoms with Crippen LogP contribution in [0.3, 0.4) is 0 Å². The zero-order valence-corrected chi connectivity index (χ0v) is 12.1. The van der Waals surface area contributed by atoms with Crippen LogP contribution >= 0.6 is 23.1 Å². The number of ether oxygens (including phenoxy) is 1. The van der Waals surface area contributed by atoms with Crippen LogP contribution in [-0.2, 0) is 19.4 Å². The second-order valence-corrected chi connectivity index (χ2v) is 8.52. The Morgan fingerprint density at radius 3 is 2.89 bits per heavy atom. The molecular formula is C9H12N2O4S3. The molecule has 0 aromatic carbocycles. The predicted octanol–water partition coefficient (Wildman–Crippen LogP) is 0.669. The van der Waals surface area contributed by atoms with Gasteiger partial charge in [0.2, 0.25) is 0 Å². The van der Waals surface area contributed by atoms with Crippen molar-refractivity contribution in [3.63, 3.8) is 0 Å². The summed E-state index contributed by atoms with van der Waals surface area (Å²) in [5.41, 5.74) is 0. The molecule has 1 aliphatic heterocycles. The molecule has 18 heavy (non-hydrogen) atoms. The fourth-order valence-electron chi connectivity index (χ4n) is 1.53. The topological polar surface area (TPSA) is 86.2 Å². The van der Waals surface area contributed by atoms with Crippen LogP contribution in [0.4, 0.5) is 0 Å². The molecule has 0 amide bonds. The standard InChI is InChI=1S/C9H12N2O4S3/c1-6-10-11-9(17-6)16-4-8(12)15-7-2-3-18(13,14)5-7/h7H,2-5H2,1H3/t7-/m0/s1. The highest BCUT2D eigenvalue weighted by Crippen LogP contribution is 2.22. The maximum Gasteiger partial charge on any atom is 0.316 e. The first-order valence-electron chi connectivity index (χ1n) is 5.27. The second-order valence-electron chi connectivity index (χ2n) is 3.89. The van der Waals surface area contributed by atoms with Crippen LogP contribution in [0.25, 0.3) is 0 Å². The van der Waals surface area contributed by atoms with E-state index < -0.39 is 21.9 Å². The van der Waals surface area contributed by atoms with Gasteiger partial charge < -0.3 is 4.74 Å². The highest BCUT2D eigenvalue weighted by atomic mass is 32.2. The number of hydrogen-bond acceptors (Lipinski definition) is 8. The monoisotopic (exact) mass is 308 g/mol. The van der Waals surface area contributed by atoms with E-state index in [1.165, 1.54) is 23.1 Å². The molecular weight excluding hydrogens is 296 g/mol. The van der Waals surface area contributed by atoms with Gasteiger partial charge in [-0.25, -0.2) is 8.42 Å². The van der Waals surface area contributed by atoms with Gasteiger partial charge in [0.1, 0.15) is 11.1 Å². The predicted molar refractivity (Wildman–Crippen MR) is 68.5 cm³/mol. The molecule has 100 valence electrons. The maximum absolute atomic E-state index is 11.5. The lowest BCUT2D eigenvalue weighted by Gasteiger charge is -2.08. The van der Waals surface area contributed by atoms with Gasteiger partial charge >= 0.3 is 5.97 Å². The van der Waals surface area contributed by atoms with Gasteiger partial charge in [-0.05, 0) is 13.3 Å². The molecule has 0 spiro atoms. The zero-order chi connectivity index (χ0) is 13.2. The van der Waals surface area contributed by atoms with Crippen LogP contribution in [-0.4, -0.2) is 47.9 Å². The normalized spacial score (nSPS) is 21.9. The number of esters is 1. The number of carbonyl (C=O) groups is 1. The van der Waals surface area contributed by atoms with E-state index in [9.17, 15) is 13.2 Å². The van der Waals surface area contributed by atoms with Crippen LogP contribution < -0.4 is 0 Å². The quantitative estimate of drug-likeness (QED) is 0.597. The molecule has 1 atom stereocenters. The average molecular weight is 308 g/mol. The molecule has 1 saturated heterocycles. The van der Waals surface area contributed by atoms with Crippen molar-refractivity contribution in [2.45, 2.75) is 23.8 Å². The van der Waals surface area contributed by atoms with Gasteiger partial charge in [-0.15, -0.1) is 10.2 Å². The first-order chi connectivity index (χ1) is 8.44. The summed E-state index contributed by atoms with van der Waals surface area (Å²) >= 11 is 2.66. The summed E-state index contributed by atoms with van der Waals surface area (Å²) in [4.78, 5) is 11.5. The van der Waals surface area contributed by atoms with E-state index in [0.29, 0.717) is 10.8 Å². The fraction of sp³-hybridized carbons (Fsp3) is 0.667. The van der Waals surface area contributed by atoms with Crippen molar-refractivity contribution in [2.24, 2.45) is 0 Å². The van der Waals surface area contributed by atoms with Gasteiger partial charge in [-0.2, -0.15) is 0 Å². The first kappa shape index (κ1) is 13.8. The number of hydrogen-bond donors (Lipinski definition) is 0. The summed E-state index contributed by atoms with van der Waals surface area (Å²) in [6, 6.07) is 0. The highest BCUT2D eigenvalue weighted by molar-refractivity contribution is 8.01. The molecule has 0 radical (unpaired) electrons. The van der Waals surface area contributed by atoms with E-state index in [-0.39, 0.29) is 17.3 Å². The van der Waals surface area contributed by atoms with E-state index in [2.05, 4.69) is 10.2 Å². The lowest BCUT2D eigenvalue weighted by Crippen LogP contribution is -2.20. The number of sulfone groups is 1. The summed E-state index contributed by atoms with van der Waals surface area (Å²) < 4.78 is 28.2. The van der Waals surface area contributed by atoms with E-state index in [4.69, 9.17) is 4.74 Å². The number of rotatable bonds is 4. The SMILES string of the molecule is Cc1nnc(SCC(=O)O[C@H]2CCS(=O)(=O)C2)s1. The van der Waals surface area contributed by atoms with Gasteiger partial charge in [0.25, 0.3) is 0 Å². The summed E-state index contributed by atoms with van der Waals surface area (Å²) in [5, 5.41) is 8.54. The lowest BCUT2D eigenvalue weighted by atomic mass is 10.3. The first-order valence-corrected chi connectivity index (χ1v) is 8.90. The van der Waals surface area contributed by atoms with E-state index in [1.807, 2.05) is 6.92 Å². The Labute approximate surface area is 113 Å². The maximum atomic E-state index is 11.5.